The zero-order valence-electron chi connectivity index (χ0n) is 16.6. The van der Waals surface area contributed by atoms with Crippen LogP contribution in [0.15, 0.2) is 47.6 Å². The fourth-order valence-corrected chi connectivity index (χ4v) is 3.30. The van der Waals surface area contributed by atoms with E-state index < -0.39 is 11.6 Å². The van der Waals surface area contributed by atoms with Gasteiger partial charge in [0.05, 0.1) is 12.2 Å². The van der Waals surface area contributed by atoms with Crippen LogP contribution >= 0.6 is 24.0 Å². The summed E-state index contributed by atoms with van der Waals surface area (Å²) in [6.45, 7) is 5.60. The van der Waals surface area contributed by atoms with E-state index in [-0.39, 0.29) is 36.1 Å². The molecular weight excluding hydrogens is 487 g/mol. The van der Waals surface area contributed by atoms with Crippen LogP contribution in [0.3, 0.4) is 0 Å². The summed E-state index contributed by atoms with van der Waals surface area (Å²) >= 11 is 0. The molecule has 0 bridgehead atoms. The molecule has 0 radical (unpaired) electrons. The molecule has 158 valence electrons. The molecule has 1 fully saturated rings. The Morgan fingerprint density at radius 1 is 1.21 bits per heavy atom. The first-order valence-corrected chi connectivity index (χ1v) is 9.75. The van der Waals surface area contributed by atoms with Crippen molar-refractivity contribution >= 4 is 29.9 Å². The second-order valence-electron chi connectivity index (χ2n) is 6.95. The van der Waals surface area contributed by atoms with Gasteiger partial charge < -0.3 is 10.6 Å². The Kier molecular flexibility index (Phi) is 9.72. The quantitative estimate of drug-likeness (QED) is 0.350. The molecule has 3 rings (SSSR count). The summed E-state index contributed by atoms with van der Waals surface area (Å²) in [5.41, 5.74) is 1.34. The molecule has 2 N–H and O–H groups in total. The fourth-order valence-electron chi connectivity index (χ4n) is 3.30. The summed E-state index contributed by atoms with van der Waals surface area (Å²) in [6, 6.07) is 9.73. The zero-order valence-corrected chi connectivity index (χ0v) is 18.9. The van der Waals surface area contributed by atoms with Crippen LogP contribution in [0.5, 0.6) is 0 Å². The number of aromatic nitrogens is 1. The summed E-state index contributed by atoms with van der Waals surface area (Å²) in [4.78, 5) is 11.2. The van der Waals surface area contributed by atoms with Crippen LogP contribution in [0, 0.1) is 11.6 Å². The van der Waals surface area contributed by atoms with Crippen LogP contribution in [-0.2, 0) is 13.1 Å². The molecule has 0 amide bonds. The van der Waals surface area contributed by atoms with Crippen LogP contribution in [0.1, 0.15) is 31.0 Å². The number of likely N-dealkylation sites (tertiary alicyclic amines) is 1. The highest BCUT2D eigenvalue weighted by molar-refractivity contribution is 14.0. The maximum absolute atomic E-state index is 13.8. The lowest BCUT2D eigenvalue weighted by molar-refractivity contribution is 0.196. The van der Waals surface area contributed by atoms with Crippen molar-refractivity contribution in [2.24, 2.45) is 4.99 Å². The molecule has 2 heterocycles. The summed E-state index contributed by atoms with van der Waals surface area (Å²) < 4.78 is 27.1. The molecule has 5 nitrogen and oxygen atoms in total. The molecule has 0 spiro atoms. The number of pyridine rings is 1. The van der Waals surface area contributed by atoms with E-state index in [0.717, 1.165) is 50.3 Å². The molecule has 1 aromatic carbocycles. The fraction of sp³-hybridized carbons (Fsp3) is 0.429. The van der Waals surface area contributed by atoms with Gasteiger partial charge in [0.15, 0.2) is 5.96 Å². The van der Waals surface area contributed by atoms with Gasteiger partial charge in [-0.25, -0.2) is 13.8 Å². The van der Waals surface area contributed by atoms with Gasteiger partial charge in [-0.1, -0.05) is 6.07 Å². The third-order valence-electron chi connectivity index (χ3n) is 4.80. The van der Waals surface area contributed by atoms with Crippen molar-refractivity contribution in [3.8, 4) is 0 Å². The van der Waals surface area contributed by atoms with E-state index in [1.165, 1.54) is 6.07 Å². The number of halogens is 3. The lowest BCUT2D eigenvalue weighted by Gasteiger charge is -2.32. The summed E-state index contributed by atoms with van der Waals surface area (Å²) in [7, 11) is 0. The number of aliphatic imine (C=N–C) groups is 1. The Morgan fingerprint density at radius 3 is 2.69 bits per heavy atom. The van der Waals surface area contributed by atoms with Crippen LogP contribution in [0.2, 0.25) is 0 Å². The minimum absolute atomic E-state index is 0. The third-order valence-corrected chi connectivity index (χ3v) is 4.80. The van der Waals surface area contributed by atoms with Crippen molar-refractivity contribution in [1.82, 2.24) is 20.5 Å². The van der Waals surface area contributed by atoms with Crippen molar-refractivity contribution < 1.29 is 8.78 Å². The number of benzene rings is 1. The highest BCUT2D eigenvalue weighted by atomic mass is 127. The lowest BCUT2D eigenvalue weighted by Crippen LogP contribution is -2.48. The van der Waals surface area contributed by atoms with Crippen LogP contribution in [0.25, 0.3) is 0 Å². The van der Waals surface area contributed by atoms with Gasteiger partial charge in [0, 0.05) is 44.0 Å². The van der Waals surface area contributed by atoms with Gasteiger partial charge in [-0.05, 0) is 50.1 Å². The standard InChI is InChI=1S/C21H27F2N5.HI/c1-2-24-21(26-14-16-13-17(22)6-7-20(16)23)27-18-8-11-28(12-9-18)15-19-5-3-4-10-25-19;/h3-7,10,13,18H,2,8-9,11-12,14-15H2,1H3,(H2,24,26,27);1H. The van der Waals surface area contributed by atoms with Crippen LogP contribution in [0.4, 0.5) is 8.78 Å². The molecule has 0 saturated carbocycles. The van der Waals surface area contributed by atoms with Gasteiger partial charge in [0.1, 0.15) is 11.6 Å². The Hall–Kier alpha value is -1.81. The van der Waals surface area contributed by atoms with Gasteiger partial charge in [-0.15, -0.1) is 24.0 Å². The molecule has 1 saturated heterocycles. The van der Waals surface area contributed by atoms with Crippen molar-refractivity contribution in [2.75, 3.05) is 19.6 Å². The first kappa shape index (κ1) is 23.5. The predicted molar refractivity (Wildman–Crippen MR) is 122 cm³/mol. The number of hydrogen-bond donors (Lipinski definition) is 2. The Balaban J connectivity index is 0.00000300. The Morgan fingerprint density at radius 2 is 2.00 bits per heavy atom. The smallest absolute Gasteiger partial charge is 0.191 e. The highest BCUT2D eigenvalue weighted by Gasteiger charge is 2.20. The molecule has 2 aromatic rings. The minimum atomic E-state index is -0.454. The Bertz CT molecular complexity index is 780. The van der Waals surface area contributed by atoms with Crippen molar-refractivity contribution in [2.45, 2.75) is 38.9 Å². The number of nitrogens with zero attached hydrogens (tertiary/aromatic N) is 3. The lowest BCUT2D eigenvalue weighted by atomic mass is 10.0. The molecule has 1 aliphatic rings. The molecule has 0 aliphatic carbocycles. The van der Waals surface area contributed by atoms with E-state index in [2.05, 4.69) is 25.5 Å². The van der Waals surface area contributed by atoms with Crippen LogP contribution in [-0.4, -0.2) is 41.5 Å². The molecule has 8 heteroatoms. The molecule has 1 aliphatic heterocycles. The number of nitrogens with one attached hydrogen (secondary N) is 2. The molecule has 1 aromatic heterocycles. The summed E-state index contributed by atoms with van der Waals surface area (Å²) in [6.07, 6.45) is 3.81. The van der Waals surface area contributed by atoms with Gasteiger partial charge in [0.2, 0.25) is 0 Å². The van der Waals surface area contributed by atoms with E-state index >= 15 is 0 Å². The van der Waals surface area contributed by atoms with Gasteiger partial charge in [-0.2, -0.15) is 0 Å². The second-order valence-corrected chi connectivity index (χ2v) is 6.95. The maximum atomic E-state index is 13.8. The largest absolute Gasteiger partial charge is 0.357 e. The predicted octanol–water partition coefficient (Wildman–Crippen LogP) is 3.70. The number of hydrogen-bond acceptors (Lipinski definition) is 3. The normalized spacial score (nSPS) is 15.6. The average Bonchev–Trinajstić information content (AvgIpc) is 2.71. The molecule has 0 atom stereocenters. The van der Waals surface area contributed by atoms with Crippen molar-refractivity contribution in [3.63, 3.8) is 0 Å². The van der Waals surface area contributed by atoms with E-state index in [9.17, 15) is 8.78 Å². The van der Waals surface area contributed by atoms with E-state index in [1.54, 1.807) is 0 Å². The molecule has 0 unspecified atom stereocenters. The highest BCUT2D eigenvalue weighted by Crippen LogP contribution is 2.14. The maximum Gasteiger partial charge on any atom is 0.191 e. The van der Waals surface area contributed by atoms with Gasteiger partial charge in [0.25, 0.3) is 0 Å². The van der Waals surface area contributed by atoms with Crippen molar-refractivity contribution in [1.29, 1.82) is 0 Å². The molecular formula is C21H28F2IN5. The number of piperidine rings is 1. The van der Waals surface area contributed by atoms with Crippen molar-refractivity contribution in [3.05, 3.63) is 65.5 Å². The minimum Gasteiger partial charge on any atom is -0.357 e. The van der Waals surface area contributed by atoms with Gasteiger partial charge in [-0.3, -0.25) is 9.88 Å². The second kappa shape index (κ2) is 12.0. The first-order chi connectivity index (χ1) is 13.6. The third kappa shape index (κ3) is 7.50. The summed E-state index contributed by atoms with van der Waals surface area (Å²) in [5.74, 6) is -0.261. The monoisotopic (exact) mass is 515 g/mol. The Labute approximate surface area is 188 Å². The topological polar surface area (TPSA) is 52.6 Å². The van der Waals surface area contributed by atoms with E-state index in [1.807, 2.05) is 31.3 Å². The SMILES string of the molecule is CCNC(=NCc1cc(F)ccc1F)NC1CCN(Cc2ccccn2)CC1.I. The first-order valence-electron chi connectivity index (χ1n) is 9.75. The number of rotatable bonds is 6. The van der Waals surface area contributed by atoms with Gasteiger partial charge >= 0.3 is 0 Å². The van der Waals surface area contributed by atoms with Crippen LogP contribution < -0.4 is 10.6 Å². The zero-order chi connectivity index (χ0) is 19.8. The van der Waals surface area contributed by atoms with E-state index in [0.29, 0.717) is 18.5 Å². The average molecular weight is 515 g/mol. The molecule has 29 heavy (non-hydrogen) atoms. The van der Waals surface area contributed by atoms with E-state index in [4.69, 9.17) is 0 Å². The number of guanidine groups is 1. The summed E-state index contributed by atoms with van der Waals surface area (Å²) in [5, 5.41) is 6.61.